The zero-order chi connectivity index (χ0) is 16.5. The molecule has 5 rings (SSSR count). The van der Waals surface area contributed by atoms with Crippen LogP contribution < -0.4 is 4.90 Å². The Kier molecular flexibility index (Phi) is 3.92. The van der Waals surface area contributed by atoms with Crippen molar-refractivity contribution in [2.45, 2.75) is 25.4 Å². The van der Waals surface area contributed by atoms with Crippen LogP contribution >= 0.6 is 0 Å². The SMILES string of the molecule is O=C1[C@H]2CC[C@H](CN(c3ncccc3F)C2)N1Cc1ccccc1. The number of pyridine rings is 1. The van der Waals surface area contributed by atoms with E-state index in [1.165, 1.54) is 6.07 Å². The molecular weight excluding hydrogens is 305 g/mol. The van der Waals surface area contributed by atoms with Crippen molar-refractivity contribution >= 4 is 11.7 Å². The summed E-state index contributed by atoms with van der Waals surface area (Å²) in [7, 11) is 0. The average Bonchev–Trinajstić information content (AvgIpc) is 2.89. The first kappa shape index (κ1) is 15.1. The van der Waals surface area contributed by atoms with Crippen molar-refractivity contribution in [3.05, 3.63) is 60.0 Å². The minimum atomic E-state index is -0.319. The van der Waals surface area contributed by atoms with E-state index in [0.717, 1.165) is 18.4 Å². The van der Waals surface area contributed by atoms with E-state index >= 15 is 0 Å². The molecule has 0 saturated carbocycles. The van der Waals surface area contributed by atoms with Crippen molar-refractivity contribution in [3.8, 4) is 0 Å². The zero-order valence-electron chi connectivity index (χ0n) is 13.4. The van der Waals surface area contributed by atoms with Crippen molar-refractivity contribution in [3.63, 3.8) is 0 Å². The molecule has 0 spiro atoms. The van der Waals surface area contributed by atoms with E-state index in [4.69, 9.17) is 0 Å². The van der Waals surface area contributed by atoms with Crippen LogP contribution in [0.3, 0.4) is 0 Å². The fraction of sp³-hybridized carbons (Fsp3) is 0.368. The molecule has 1 aromatic heterocycles. The summed E-state index contributed by atoms with van der Waals surface area (Å²) in [6, 6.07) is 13.2. The maximum Gasteiger partial charge on any atom is 0.228 e. The lowest BCUT2D eigenvalue weighted by Crippen LogP contribution is -2.47. The second kappa shape index (κ2) is 6.23. The van der Waals surface area contributed by atoms with E-state index in [1.54, 1.807) is 12.3 Å². The minimum Gasteiger partial charge on any atom is -0.351 e. The molecule has 1 aromatic carbocycles. The average molecular weight is 325 g/mol. The summed E-state index contributed by atoms with van der Waals surface area (Å²) in [6.07, 6.45) is 3.45. The third-order valence-corrected chi connectivity index (χ3v) is 5.03. The molecule has 3 saturated heterocycles. The molecule has 4 heterocycles. The summed E-state index contributed by atoms with van der Waals surface area (Å²) in [5, 5.41) is 0. The highest BCUT2D eigenvalue weighted by molar-refractivity contribution is 5.81. The second-order valence-corrected chi connectivity index (χ2v) is 6.59. The Labute approximate surface area is 140 Å². The lowest BCUT2D eigenvalue weighted by atomic mass is 9.93. The normalized spacial score (nSPS) is 23.5. The predicted molar refractivity (Wildman–Crippen MR) is 89.9 cm³/mol. The van der Waals surface area contributed by atoms with E-state index in [1.807, 2.05) is 40.1 Å². The van der Waals surface area contributed by atoms with Crippen LogP contribution in [0.15, 0.2) is 48.7 Å². The lowest BCUT2D eigenvalue weighted by Gasteiger charge is -2.36. The molecule has 0 unspecified atom stereocenters. The van der Waals surface area contributed by atoms with E-state index in [9.17, 15) is 9.18 Å². The molecule has 3 fully saturated rings. The standard InChI is InChI=1S/C19H20FN3O/c20-17-7-4-10-21-18(17)22-12-15-8-9-16(13-22)23(19(15)24)11-14-5-2-1-3-6-14/h1-7,10,15-16H,8-9,11-13H2/t15-,16+/m0/s1. The van der Waals surface area contributed by atoms with Crippen molar-refractivity contribution in [2.24, 2.45) is 5.92 Å². The smallest absolute Gasteiger partial charge is 0.228 e. The van der Waals surface area contributed by atoms with Crippen LogP contribution in [0, 0.1) is 11.7 Å². The maximum atomic E-state index is 14.1. The van der Waals surface area contributed by atoms with Crippen LogP contribution in [0.4, 0.5) is 10.2 Å². The Morgan fingerprint density at radius 1 is 1.08 bits per heavy atom. The third-order valence-electron chi connectivity index (χ3n) is 5.03. The molecule has 2 atom stereocenters. The van der Waals surface area contributed by atoms with Gasteiger partial charge in [0.25, 0.3) is 0 Å². The highest BCUT2D eigenvalue weighted by Gasteiger charge is 2.41. The first-order valence-corrected chi connectivity index (χ1v) is 8.42. The van der Waals surface area contributed by atoms with E-state index in [0.29, 0.717) is 25.5 Å². The highest BCUT2D eigenvalue weighted by atomic mass is 19.1. The number of carbonyl (C=O) groups excluding carboxylic acids is 1. The largest absolute Gasteiger partial charge is 0.351 e. The molecule has 1 amide bonds. The third kappa shape index (κ3) is 2.75. The fourth-order valence-electron chi connectivity index (χ4n) is 3.81. The summed E-state index contributed by atoms with van der Waals surface area (Å²) < 4.78 is 14.1. The number of amides is 1. The predicted octanol–water partition coefficient (Wildman–Crippen LogP) is 2.85. The van der Waals surface area contributed by atoms with Gasteiger partial charge < -0.3 is 9.80 Å². The number of nitrogens with zero attached hydrogens (tertiary/aromatic N) is 3. The summed E-state index contributed by atoms with van der Waals surface area (Å²) in [6.45, 7) is 1.82. The van der Waals surface area contributed by atoms with Crippen molar-refractivity contribution in [1.82, 2.24) is 9.88 Å². The Hall–Kier alpha value is -2.43. The molecule has 0 radical (unpaired) electrons. The van der Waals surface area contributed by atoms with Crippen LogP contribution in [0.25, 0.3) is 0 Å². The van der Waals surface area contributed by atoms with Gasteiger partial charge in [-0.15, -0.1) is 0 Å². The van der Waals surface area contributed by atoms with Crippen molar-refractivity contribution < 1.29 is 9.18 Å². The number of fused-ring (bicyclic) bond motifs is 4. The number of aromatic nitrogens is 1. The number of halogens is 1. The molecule has 0 N–H and O–H groups in total. The van der Waals surface area contributed by atoms with Gasteiger partial charge in [-0.1, -0.05) is 30.3 Å². The first-order valence-electron chi connectivity index (χ1n) is 8.42. The molecular formula is C19H20FN3O. The van der Waals surface area contributed by atoms with Gasteiger partial charge in [-0.05, 0) is 30.5 Å². The van der Waals surface area contributed by atoms with Crippen LogP contribution in [-0.2, 0) is 11.3 Å². The van der Waals surface area contributed by atoms with Crippen LogP contribution in [-0.4, -0.2) is 34.9 Å². The fourth-order valence-corrected chi connectivity index (χ4v) is 3.81. The number of piperidine rings is 1. The Morgan fingerprint density at radius 2 is 1.92 bits per heavy atom. The molecule has 0 aliphatic carbocycles. The first-order chi connectivity index (χ1) is 11.7. The van der Waals surface area contributed by atoms with Gasteiger partial charge in [0.2, 0.25) is 5.91 Å². The Balaban J connectivity index is 1.60. The molecule has 2 aromatic rings. The van der Waals surface area contributed by atoms with Gasteiger partial charge in [0.15, 0.2) is 11.6 Å². The monoisotopic (exact) mass is 325 g/mol. The minimum absolute atomic E-state index is 0.0751. The zero-order valence-corrected chi connectivity index (χ0v) is 13.4. The molecule has 4 nitrogen and oxygen atoms in total. The summed E-state index contributed by atoms with van der Waals surface area (Å²) >= 11 is 0. The summed E-state index contributed by atoms with van der Waals surface area (Å²) in [5.74, 6) is 0.160. The van der Waals surface area contributed by atoms with Crippen LogP contribution in [0.5, 0.6) is 0 Å². The van der Waals surface area contributed by atoms with Gasteiger partial charge in [-0.2, -0.15) is 0 Å². The number of benzene rings is 1. The topological polar surface area (TPSA) is 36.4 Å². The number of hydrogen-bond acceptors (Lipinski definition) is 3. The lowest BCUT2D eigenvalue weighted by molar-refractivity contribution is -0.140. The molecule has 5 heteroatoms. The van der Waals surface area contributed by atoms with Crippen LogP contribution in [0.2, 0.25) is 0 Å². The second-order valence-electron chi connectivity index (χ2n) is 6.59. The highest BCUT2D eigenvalue weighted by Crippen LogP contribution is 2.32. The van der Waals surface area contributed by atoms with E-state index in [2.05, 4.69) is 4.98 Å². The molecule has 124 valence electrons. The van der Waals surface area contributed by atoms with Gasteiger partial charge in [-0.25, -0.2) is 9.37 Å². The van der Waals surface area contributed by atoms with Gasteiger partial charge in [0.05, 0.1) is 5.92 Å². The molecule has 3 aliphatic heterocycles. The van der Waals surface area contributed by atoms with Gasteiger partial charge >= 0.3 is 0 Å². The molecule has 24 heavy (non-hydrogen) atoms. The number of rotatable bonds is 3. The van der Waals surface area contributed by atoms with Crippen molar-refractivity contribution in [2.75, 3.05) is 18.0 Å². The quantitative estimate of drug-likeness (QED) is 0.871. The molecule has 3 aliphatic rings. The van der Waals surface area contributed by atoms with Crippen molar-refractivity contribution in [1.29, 1.82) is 0 Å². The Bertz CT molecular complexity index is 736. The molecule has 2 bridgehead atoms. The van der Waals surface area contributed by atoms with Gasteiger partial charge in [0.1, 0.15) is 0 Å². The van der Waals surface area contributed by atoms with E-state index < -0.39 is 0 Å². The number of carbonyl (C=O) groups is 1. The number of anilines is 1. The summed E-state index contributed by atoms with van der Waals surface area (Å²) in [4.78, 5) is 21.0. The van der Waals surface area contributed by atoms with Crippen LogP contribution in [0.1, 0.15) is 18.4 Å². The Morgan fingerprint density at radius 3 is 2.71 bits per heavy atom. The maximum absolute atomic E-state index is 14.1. The summed E-state index contributed by atoms with van der Waals surface area (Å²) in [5.41, 5.74) is 1.13. The van der Waals surface area contributed by atoms with Gasteiger partial charge in [0, 0.05) is 31.9 Å². The van der Waals surface area contributed by atoms with E-state index in [-0.39, 0.29) is 23.7 Å². The van der Waals surface area contributed by atoms with Gasteiger partial charge in [-0.3, -0.25) is 4.79 Å². The number of hydrogen-bond donors (Lipinski definition) is 0.